The van der Waals surface area contributed by atoms with Gasteiger partial charge in [-0.15, -0.1) is 5.60 Å². The van der Waals surface area contributed by atoms with E-state index < -0.39 is 60.6 Å². The molecule has 0 aromatic carbocycles. The van der Waals surface area contributed by atoms with E-state index in [-0.39, 0.29) is 70.9 Å². The van der Waals surface area contributed by atoms with Gasteiger partial charge in [-0.05, 0) is 46.1 Å². The average Bonchev–Trinajstić information content (AvgIpc) is 3.60. The van der Waals surface area contributed by atoms with Gasteiger partial charge in [-0.25, -0.2) is 14.6 Å². The fraction of sp³-hybridized carbons (Fsp3) is 0.643. The Labute approximate surface area is 300 Å². The molecule has 0 bridgehead atoms. The van der Waals surface area contributed by atoms with E-state index in [1.165, 1.54) is 23.6 Å². The van der Waals surface area contributed by atoms with E-state index in [4.69, 9.17) is 33.9 Å². The molecule has 0 saturated carbocycles. The zero-order chi connectivity index (χ0) is 32.7. The van der Waals surface area contributed by atoms with E-state index in [1.54, 1.807) is 66.1 Å². The number of ether oxygens (including phenoxy) is 3. The number of carboxylic acids is 1. The van der Waals surface area contributed by atoms with Gasteiger partial charge in [0.2, 0.25) is 5.88 Å². The molecule has 1 amide bonds. The molecule has 2 aliphatic heterocycles. The van der Waals surface area contributed by atoms with Gasteiger partial charge in [-0.1, -0.05) is 20.8 Å². The summed E-state index contributed by atoms with van der Waals surface area (Å²) in [5, 5.41) is 37.8. The van der Waals surface area contributed by atoms with E-state index >= 15 is 0 Å². The Kier molecular flexibility index (Phi) is 15.8. The molecule has 0 unspecified atom stereocenters. The summed E-state index contributed by atoms with van der Waals surface area (Å²) in [4.78, 5) is 42.1. The zero-order valence-corrected chi connectivity index (χ0v) is 30.1. The minimum atomic E-state index is -0.993. The maximum Gasteiger partial charge on any atom is 1.00 e. The van der Waals surface area contributed by atoms with Crippen molar-refractivity contribution in [1.29, 1.82) is 0 Å². The van der Waals surface area contributed by atoms with Gasteiger partial charge in [0.25, 0.3) is 0 Å². The maximum atomic E-state index is 12.5. The summed E-state index contributed by atoms with van der Waals surface area (Å²) in [5.74, 6) is -1.10. The van der Waals surface area contributed by atoms with Crippen molar-refractivity contribution in [3.8, 4) is 5.88 Å². The molecule has 44 heavy (non-hydrogen) atoms. The van der Waals surface area contributed by atoms with E-state index in [0.717, 1.165) is 5.39 Å². The predicted octanol–water partition coefficient (Wildman–Crippen LogP) is -1.48. The molecule has 240 valence electrons. The van der Waals surface area contributed by atoms with Gasteiger partial charge in [0, 0.05) is 19.2 Å². The third-order valence-corrected chi connectivity index (χ3v) is 6.07. The number of pyridine rings is 1. The van der Waals surface area contributed by atoms with Gasteiger partial charge in [0.05, 0.1) is 31.4 Å². The van der Waals surface area contributed by atoms with Crippen LogP contribution < -0.4 is 61.2 Å². The molecular formula is C28H43BKN3O11. The molecule has 4 heterocycles. The minimum absolute atomic E-state index is 0. The van der Waals surface area contributed by atoms with E-state index in [9.17, 15) is 19.5 Å². The van der Waals surface area contributed by atoms with Crippen molar-refractivity contribution in [2.75, 3.05) is 20.2 Å². The van der Waals surface area contributed by atoms with Crippen molar-refractivity contribution in [3.63, 3.8) is 0 Å². The number of hydrogen-bond acceptors (Lipinski definition) is 12. The van der Waals surface area contributed by atoms with Crippen molar-refractivity contribution in [3.05, 3.63) is 24.6 Å². The molecule has 2 saturated heterocycles. The topological polar surface area (TPSA) is 195 Å². The Morgan fingerprint density at radius 2 is 1.70 bits per heavy atom. The van der Waals surface area contributed by atoms with Crippen LogP contribution in [0.5, 0.6) is 5.88 Å². The van der Waals surface area contributed by atoms with E-state index in [1.807, 2.05) is 0 Å². The smallest absolute Gasteiger partial charge is 0.850 e. The normalized spacial score (nSPS) is 21.7. The van der Waals surface area contributed by atoms with Crippen LogP contribution in [0, 0.1) is 0 Å². The van der Waals surface area contributed by atoms with E-state index in [0.29, 0.717) is 17.9 Å². The Morgan fingerprint density at radius 3 is 2.20 bits per heavy atom. The summed E-state index contributed by atoms with van der Waals surface area (Å²) in [5.41, 5.74) is -0.762. The second-order valence-electron chi connectivity index (χ2n) is 12.3. The number of fused-ring (bicyclic) bond motifs is 1. The number of furan rings is 1. The quantitative estimate of drug-likeness (QED) is 0.252. The molecule has 16 heteroatoms. The van der Waals surface area contributed by atoms with Crippen LogP contribution >= 0.6 is 0 Å². The first-order valence-corrected chi connectivity index (χ1v) is 13.9. The number of nitrogens with zero attached hydrogens (tertiary/aromatic N) is 3. The van der Waals surface area contributed by atoms with Gasteiger partial charge >= 0.3 is 76.5 Å². The van der Waals surface area contributed by atoms with Gasteiger partial charge in [-0.3, -0.25) is 9.69 Å². The number of hydrogen-bond donors (Lipinski definition) is 3. The zero-order valence-electron chi connectivity index (χ0n) is 27.0. The third-order valence-electron chi connectivity index (χ3n) is 6.07. The van der Waals surface area contributed by atoms with Crippen LogP contribution in [0.1, 0.15) is 54.4 Å². The van der Waals surface area contributed by atoms with Crippen molar-refractivity contribution >= 4 is 36.1 Å². The Morgan fingerprint density at radius 1 is 1.09 bits per heavy atom. The number of methoxy groups -OCH3 is 1. The van der Waals surface area contributed by atoms with Crippen molar-refractivity contribution < 1.29 is 105 Å². The summed E-state index contributed by atoms with van der Waals surface area (Å²) >= 11 is 0. The average molecular weight is 648 g/mol. The Bertz CT molecular complexity index is 1230. The molecule has 3 N–H and O–H groups in total. The molecule has 2 aromatic rings. The molecule has 14 nitrogen and oxygen atoms in total. The second-order valence-corrected chi connectivity index (χ2v) is 12.3. The summed E-state index contributed by atoms with van der Waals surface area (Å²) < 4.78 is 21.5. The number of rotatable bonds is 5. The molecule has 4 atom stereocenters. The number of carbonyl (C=O) groups is 3. The van der Waals surface area contributed by atoms with Gasteiger partial charge in [0.15, 0.2) is 0 Å². The largest absolute Gasteiger partial charge is 1.00 e. The third kappa shape index (κ3) is 12.9. The monoisotopic (exact) mass is 647 g/mol. The van der Waals surface area contributed by atoms with Gasteiger partial charge in [-0.2, -0.15) is 0 Å². The van der Waals surface area contributed by atoms with Crippen LogP contribution in [0.2, 0.25) is 6.82 Å². The number of carbonyl (C=O) groups excluding carboxylic acids is 2. The number of aliphatic carboxylic acids is 1. The number of carboxylic acid groups (broad SMARTS) is 1. The summed E-state index contributed by atoms with van der Waals surface area (Å²) in [7, 11) is 0.473. The fourth-order valence-corrected chi connectivity index (χ4v) is 4.38. The van der Waals surface area contributed by atoms with Gasteiger partial charge in [0.1, 0.15) is 29.4 Å². The standard InChI is InChI=1S/C18H22N2O6.C6H12BNO4.C4H9O.K/c1-18(2,3)26-17(22)20-10-11(9-13(20)16(21)23-4)25-15-12-6-8-24-14(12)5-7-19-15;1-7(12)8-3-4(9)2-5(8)6(10)11;1-4(2,3)5;/h5-8,11,13H,9-10H2,1-4H3;4-5,9,12H,2-3H2,1H3,(H,10,11);1-3H3;/q;;-1;+1/t11-,13+;4-,5+;;/m11../s1. The molecule has 2 aliphatic rings. The van der Waals surface area contributed by atoms with Crippen molar-refractivity contribution in [2.24, 2.45) is 0 Å². The predicted molar refractivity (Wildman–Crippen MR) is 154 cm³/mol. The fourth-order valence-electron chi connectivity index (χ4n) is 4.38. The minimum Gasteiger partial charge on any atom is -0.850 e. The summed E-state index contributed by atoms with van der Waals surface area (Å²) in [6, 6.07) is 1.99. The van der Waals surface area contributed by atoms with E-state index in [2.05, 4.69) is 4.98 Å². The van der Waals surface area contributed by atoms with Crippen LogP contribution in [-0.2, 0) is 19.1 Å². The summed E-state index contributed by atoms with van der Waals surface area (Å²) in [6.45, 7) is 12.1. The number of amides is 1. The number of aromatic nitrogens is 1. The Balaban J connectivity index is 0.000000447. The first-order chi connectivity index (χ1) is 19.8. The maximum absolute atomic E-state index is 12.5. The molecule has 0 spiro atoms. The number of β-amino-alcohol motifs (C(OH)–C–C–N with tert-alkyl or cyclic N) is 1. The first-order valence-electron chi connectivity index (χ1n) is 13.9. The summed E-state index contributed by atoms with van der Waals surface area (Å²) in [6.07, 6.45) is 1.99. The molecule has 2 fully saturated rings. The molecule has 4 rings (SSSR count). The van der Waals surface area contributed by atoms with Crippen LogP contribution in [0.15, 0.2) is 29.0 Å². The second kappa shape index (κ2) is 17.2. The molecule has 0 radical (unpaired) electrons. The van der Waals surface area contributed by atoms with Crippen LogP contribution in [0.3, 0.4) is 0 Å². The Hall–Kier alpha value is -1.76. The number of aliphatic hydroxyl groups excluding tert-OH is 1. The van der Waals surface area contributed by atoms with Crippen LogP contribution in [0.25, 0.3) is 11.0 Å². The number of likely N-dealkylation sites (tertiary alicyclic amines) is 1. The molecule has 0 aliphatic carbocycles. The van der Waals surface area contributed by atoms with Crippen LogP contribution in [-0.4, -0.2) is 111 Å². The number of esters is 1. The molecular weight excluding hydrogens is 604 g/mol. The van der Waals surface area contributed by atoms with Crippen molar-refractivity contribution in [1.82, 2.24) is 14.7 Å². The SMILES string of the molecule is CB(O)N1C[C@H](O)C[C@H]1C(=O)O.CC(C)(C)[O-].COC(=O)[C@@H]1C[C@@H](Oc2nccc3occc23)CN1C(=O)OC(C)(C)C.[K+]. The molecule has 2 aromatic heterocycles. The van der Waals surface area contributed by atoms with Crippen LogP contribution in [0.4, 0.5) is 4.79 Å². The number of aliphatic hydroxyl groups is 1. The van der Waals surface area contributed by atoms with Gasteiger partial charge < -0.3 is 43.8 Å². The first kappa shape index (κ1) is 40.3. The van der Waals surface area contributed by atoms with Crippen molar-refractivity contribution in [2.45, 2.75) is 96.7 Å².